The van der Waals surface area contributed by atoms with E-state index in [0.717, 1.165) is 0 Å². The Morgan fingerprint density at radius 1 is 1.21 bits per heavy atom. The van der Waals surface area contributed by atoms with Gasteiger partial charge in [0.1, 0.15) is 0 Å². The zero-order valence-electron chi connectivity index (χ0n) is 8.51. The standard InChI is InChI=1S/C8H18O5S/c1-3-7(9)5-6-8(4-2)13-14(10,11)12/h7-9H,3-6H2,1-2H3,(H,10,11,12)/t7-,8-/m0/s1. The van der Waals surface area contributed by atoms with Crippen LogP contribution >= 0.6 is 0 Å². The summed E-state index contributed by atoms with van der Waals surface area (Å²) in [5, 5.41) is 9.23. The first-order valence-electron chi connectivity index (χ1n) is 4.72. The Bertz CT molecular complexity index is 236. The van der Waals surface area contributed by atoms with Crippen molar-refractivity contribution in [3.63, 3.8) is 0 Å². The first-order chi connectivity index (χ1) is 6.39. The largest absolute Gasteiger partial charge is 0.397 e. The van der Waals surface area contributed by atoms with Crippen LogP contribution in [-0.4, -0.2) is 30.3 Å². The van der Waals surface area contributed by atoms with Crippen molar-refractivity contribution in [3.8, 4) is 0 Å². The Hall–Kier alpha value is -0.170. The minimum absolute atomic E-state index is 0.422. The molecule has 2 N–H and O–H groups in total. The summed E-state index contributed by atoms with van der Waals surface area (Å²) in [6.07, 6.45) is 1.02. The van der Waals surface area contributed by atoms with Crippen LogP contribution < -0.4 is 0 Å². The summed E-state index contributed by atoms with van der Waals surface area (Å²) in [5.74, 6) is 0. The predicted octanol–water partition coefficient (Wildman–Crippen LogP) is 1.14. The highest BCUT2D eigenvalue weighted by Crippen LogP contribution is 2.12. The second-order valence-electron chi connectivity index (χ2n) is 3.19. The minimum Gasteiger partial charge on any atom is -0.393 e. The highest BCUT2D eigenvalue weighted by atomic mass is 32.3. The summed E-state index contributed by atoms with van der Waals surface area (Å²) in [6.45, 7) is 3.60. The lowest BCUT2D eigenvalue weighted by Gasteiger charge is -2.14. The van der Waals surface area contributed by atoms with Crippen molar-refractivity contribution in [2.24, 2.45) is 0 Å². The molecule has 0 amide bonds. The second kappa shape index (κ2) is 6.34. The van der Waals surface area contributed by atoms with Gasteiger partial charge in [-0.05, 0) is 25.7 Å². The Balaban J connectivity index is 3.92. The maximum Gasteiger partial charge on any atom is 0.397 e. The van der Waals surface area contributed by atoms with E-state index in [-0.39, 0.29) is 0 Å². The van der Waals surface area contributed by atoms with Gasteiger partial charge in [-0.3, -0.25) is 4.55 Å². The molecule has 0 fully saturated rings. The van der Waals surface area contributed by atoms with Crippen LogP contribution in [-0.2, 0) is 14.6 Å². The van der Waals surface area contributed by atoms with E-state index in [0.29, 0.717) is 25.7 Å². The highest BCUT2D eigenvalue weighted by molar-refractivity contribution is 7.80. The fourth-order valence-electron chi connectivity index (χ4n) is 1.07. The lowest BCUT2D eigenvalue weighted by atomic mass is 10.1. The van der Waals surface area contributed by atoms with E-state index in [1.54, 1.807) is 6.92 Å². The molecule has 6 heteroatoms. The molecule has 0 aromatic carbocycles. The van der Waals surface area contributed by atoms with E-state index in [4.69, 9.17) is 4.55 Å². The zero-order valence-corrected chi connectivity index (χ0v) is 9.33. The molecular formula is C8H18O5S. The van der Waals surface area contributed by atoms with E-state index in [9.17, 15) is 13.5 Å². The van der Waals surface area contributed by atoms with Crippen LogP contribution in [0, 0.1) is 0 Å². The van der Waals surface area contributed by atoms with Crippen LogP contribution in [0.3, 0.4) is 0 Å². The lowest BCUT2D eigenvalue weighted by Crippen LogP contribution is -2.19. The molecule has 0 aliphatic rings. The van der Waals surface area contributed by atoms with Crippen molar-refractivity contribution >= 4 is 10.4 Å². The summed E-state index contributed by atoms with van der Waals surface area (Å²) >= 11 is 0. The quantitative estimate of drug-likeness (QED) is 0.636. The van der Waals surface area contributed by atoms with Crippen LogP contribution in [0.15, 0.2) is 0 Å². The molecule has 14 heavy (non-hydrogen) atoms. The topological polar surface area (TPSA) is 83.8 Å². The van der Waals surface area contributed by atoms with Gasteiger partial charge in [0, 0.05) is 0 Å². The fourth-order valence-corrected chi connectivity index (χ4v) is 1.65. The van der Waals surface area contributed by atoms with Gasteiger partial charge < -0.3 is 5.11 Å². The zero-order chi connectivity index (χ0) is 11.2. The van der Waals surface area contributed by atoms with E-state index in [1.807, 2.05) is 6.92 Å². The van der Waals surface area contributed by atoms with Crippen LogP contribution in [0.4, 0.5) is 0 Å². The molecule has 0 heterocycles. The third-order valence-electron chi connectivity index (χ3n) is 2.01. The number of rotatable bonds is 7. The maximum atomic E-state index is 10.4. The van der Waals surface area contributed by atoms with Gasteiger partial charge in [0.2, 0.25) is 0 Å². The molecule has 0 rings (SSSR count). The molecular weight excluding hydrogens is 208 g/mol. The van der Waals surface area contributed by atoms with E-state index in [1.165, 1.54) is 0 Å². The van der Waals surface area contributed by atoms with Gasteiger partial charge >= 0.3 is 10.4 Å². The molecule has 0 aromatic rings. The lowest BCUT2D eigenvalue weighted by molar-refractivity contribution is 0.117. The van der Waals surface area contributed by atoms with Crippen molar-refractivity contribution in [2.45, 2.75) is 51.7 Å². The molecule has 0 unspecified atom stereocenters. The molecule has 0 saturated carbocycles. The third kappa shape index (κ3) is 7.25. The van der Waals surface area contributed by atoms with Gasteiger partial charge in [-0.25, -0.2) is 4.18 Å². The smallest absolute Gasteiger partial charge is 0.393 e. The van der Waals surface area contributed by atoms with Crippen molar-refractivity contribution in [1.29, 1.82) is 0 Å². The minimum atomic E-state index is -4.37. The molecule has 86 valence electrons. The van der Waals surface area contributed by atoms with Crippen LogP contribution in [0.1, 0.15) is 39.5 Å². The van der Waals surface area contributed by atoms with Crippen molar-refractivity contribution < 1.29 is 22.3 Å². The van der Waals surface area contributed by atoms with Gasteiger partial charge in [0.25, 0.3) is 0 Å². The molecule has 0 aromatic heterocycles. The average Bonchev–Trinajstić information content (AvgIpc) is 2.09. The summed E-state index contributed by atoms with van der Waals surface area (Å²) in [6, 6.07) is 0. The van der Waals surface area contributed by atoms with Crippen LogP contribution in [0.2, 0.25) is 0 Å². The summed E-state index contributed by atoms with van der Waals surface area (Å²) < 4.78 is 33.6. The highest BCUT2D eigenvalue weighted by Gasteiger charge is 2.16. The third-order valence-corrected chi connectivity index (χ3v) is 2.52. The van der Waals surface area contributed by atoms with E-state index >= 15 is 0 Å². The molecule has 0 aliphatic heterocycles. The second-order valence-corrected chi connectivity index (χ2v) is 4.24. The molecule has 0 saturated heterocycles. The van der Waals surface area contributed by atoms with Crippen LogP contribution in [0.5, 0.6) is 0 Å². The van der Waals surface area contributed by atoms with Gasteiger partial charge in [-0.1, -0.05) is 13.8 Å². The number of hydrogen-bond acceptors (Lipinski definition) is 4. The monoisotopic (exact) mass is 226 g/mol. The Labute approximate surface area is 85.0 Å². The van der Waals surface area contributed by atoms with Gasteiger partial charge in [-0.15, -0.1) is 0 Å². The molecule has 0 radical (unpaired) electrons. The van der Waals surface area contributed by atoms with Crippen molar-refractivity contribution in [2.75, 3.05) is 0 Å². The fraction of sp³-hybridized carbons (Fsp3) is 1.00. The molecule has 0 bridgehead atoms. The number of hydrogen-bond donors (Lipinski definition) is 2. The summed E-state index contributed by atoms with van der Waals surface area (Å²) in [5.41, 5.74) is 0. The van der Waals surface area contributed by atoms with Gasteiger partial charge in [0.05, 0.1) is 12.2 Å². The number of aliphatic hydroxyl groups is 1. The van der Waals surface area contributed by atoms with E-state index in [2.05, 4.69) is 4.18 Å². The molecule has 0 spiro atoms. The molecule has 5 nitrogen and oxygen atoms in total. The molecule has 0 aliphatic carbocycles. The Kier molecular flexibility index (Phi) is 6.26. The van der Waals surface area contributed by atoms with Gasteiger partial charge in [-0.2, -0.15) is 8.42 Å². The van der Waals surface area contributed by atoms with Crippen LogP contribution in [0.25, 0.3) is 0 Å². The average molecular weight is 226 g/mol. The summed E-state index contributed by atoms with van der Waals surface area (Å²) in [7, 11) is -4.37. The molecule has 2 atom stereocenters. The Morgan fingerprint density at radius 2 is 1.79 bits per heavy atom. The van der Waals surface area contributed by atoms with Crippen molar-refractivity contribution in [1.82, 2.24) is 0 Å². The summed E-state index contributed by atoms with van der Waals surface area (Å²) in [4.78, 5) is 0. The maximum absolute atomic E-state index is 10.4. The SMILES string of the molecule is CC[C@H](O)CC[C@H](CC)OS(=O)(=O)O. The first kappa shape index (κ1) is 13.8. The normalized spacial score (nSPS) is 16.6. The van der Waals surface area contributed by atoms with Crippen molar-refractivity contribution in [3.05, 3.63) is 0 Å². The first-order valence-corrected chi connectivity index (χ1v) is 6.09. The van der Waals surface area contributed by atoms with Gasteiger partial charge in [0.15, 0.2) is 0 Å². The number of aliphatic hydroxyl groups excluding tert-OH is 1. The Morgan fingerprint density at radius 3 is 2.14 bits per heavy atom. The predicted molar refractivity (Wildman–Crippen MR) is 52.2 cm³/mol. The van der Waals surface area contributed by atoms with E-state index < -0.39 is 22.6 Å².